The third-order valence-corrected chi connectivity index (χ3v) is 15.5. The van der Waals surface area contributed by atoms with E-state index < -0.39 is 12.1 Å². The Labute approximate surface area is 474 Å². The number of aliphatic hydroxyl groups excluding tert-OH is 2. The standard InChI is InChI=1S/C70H131NO5/c1-3-5-7-9-11-13-15-17-18-32-35-39-42-46-50-54-58-62-68(73)67(66-72)71-69(74)63-59-55-51-47-43-40-36-33-30-28-26-24-22-20-19-21-23-25-27-29-31-34-37-41-45-49-53-57-61-65-76-70(75)64-60-56-52-48-44-38-16-14-12-10-8-6-4-2/h8,10,14,16,19,21,58,62,67-68,72-73H,3-7,9,11-13,15,17-18,20,22-57,59-61,63-66H2,1-2H3,(H,71,74)/b10-8-,16-14-,21-19-,62-58+. The molecule has 0 aliphatic heterocycles. The molecule has 6 heteroatoms. The molecule has 0 aliphatic rings. The van der Waals surface area contributed by atoms with E-state index in [0.29, 0.717) is 19.4 Å². The Balaban J connectivity index is 3.40. The number of carbonyl (C=O) groups is 2. The fourth-order valence-electron chi connectivity index (χ4n) is 10.4. The highest BCUT2D eigenvalue weighted by atomic mass is 16.5. The first-order chi connectivity index (χ1) is 37.5. The fourth-order valence-corrected chi connectivity index (χ4v) is 10.4. The minimum atomic E-state index is -0.845. The predicted octanol–water partition coefficient (Wildman–Crippen LogP) is 21.7. The molecule has 0 rings (SSSR count). The Morgan fingerprint density at radius 2 is 0.684 bits per heavy atom. The molecule has 2 unspecified atom stereocenters. The van der Waals surface area contributed by atoms with Crippen molar-refractivity contribution in [3.8, 4) is 0 Å². The molecule has 0 spiro atoms. The number of hydrogen-bond donors (Lipinski definition) is 3. The molecule has 0 saturated heterocycles. The number of ether oxygens (including phenoxy) is 1. The Bertz CT molecular complexity index is 1270. The summed E-state index contributed by atoms with van der Waals surface area (Å²) in [6.45, 7) is 4.86. The van der Waals surface area contributed by atoms with Crippen LogP contribution in [-0.4, -0.2) is 47.4 Å². The Morgan fingerprint density at radius 3 is 1.07 bits per heavy atom. The van der Waals surface area contributed by atoms with Crippen LogP contribution >= 0.6 is 0 Å². The van der Waals surface area contributed by atoms with Crippen molar-refractivity contribution in [1.29, 1.82) is 0 Å². The van der Waals surface area contributed by atoms with Crippen LogP contribution in [0.1, 0.15) is 361 Å². The maximum Gasteiger partial charge on any atom is 0.305 e. The first-order valence-electron chi connectivity index (χ1n) is 33.9. The summed E-state index contributed by atoms with van der Waals surface area (Å²) in [5.41, 5.74) is 0. The SMILES string of the molecule is CCC/C=C\C/C=C\CCCCCCCC(=O)OCCCCCCCCCCCCCC/C=C\CCCCCCCCCCCCCCCC(=O)NC(CO)C(O)/C=C/CCCCCCCCCCCCCCCCC. The van der Waals surface area contributed by atoms with Crippen molar-refractivity contribution in [2.45, 2.75) is 373 Å². The van der Waals surface area contributed by atoms with Gasteiger partial charge in [0, 0.05) is 12.8 Å². The van der Waals surface area contributed by atoms with Crippen LogP contribution in [0.2, 0.25) is 0 Å². The number of amides is 1. The average molecular weight is 1070 g/mol. The smallest absolute Gasteiger partial charge is 0.305 e. The number of aliphatic hydroxyl groups is 2. The molecule has 0 radical (unpaired) electrons. The van der Waals surface area contributed by atoms with Crippen molar-refractivity contribution in [2.75, 3.05) is 13.2 Å². The molecule has 0 aromatic heterocycles. The van der Waals surface area contributed by atoms with Gasteiger partial charge in [0.25, 0.3) is 0 Å². The average Bonchev–Trinajstić information content (AvgIpc) is 3.42. The van der Waals surface area contributed by atoms with Gasteiger partial charge in [0.1, 0.15) is 0 Å². The second-order valence-corrected chi connectivity index (χ2v) is 23.1. The van der Waals surface area contributed by atoms with E-state index in [0.717, 1.165) is 51.4 Å². The molecule has 446 valence electrons. The predicted molar refractivity (Wildman–Crippen MR) is 333 cm³/mol. The van der Waals surface area contributed by atoms with Gasteiger partial charge in [-0.3, -0.25) is 9.59 Å². The molecule has 0 aliphatic carbocycles. The highest BCUT2D eigenvalue weighted by molar-refractivity contribution is 5.76. The molecule has 0 saturated carbocycles. The Hall–Kier alpha value is -2.18. The van der Waals surface area contributed by atoms with Crippen molar-refractivity contribution in [1.82, 2.24) is 5.32 Å². The molecule has 0 fully saturated rings. The number of rotatable bonds is 63. The second kappa shape index (κ2) is 65.3. The monoisotopic (exact) mass is 1070 g/mol. The summed E-state index contributed by atoms with van der Waals surface area (Å²) in [5.74, 6) is -0.0645. The van der Waals surface area contributed by atoms with Crippen LogP contribution in [0.5, 0.6) is 0 Å². The maximum absolute atomic E-state index is 12.5. The van der Waals surface area contributed by atoms with Gasteiger partial charge in [-0.1, -0.05) is 313 Å². The molecule has 3 N–H and O–H groups in total. The summed E-state index contributed by atoms with van der Waals surface area (Å²) >= 11 is 0. The molecule has 0 heterocycles. The lowest BCUT2D eigenvalue weighted by Crippen LogP contribution is -2.45. The molecule has 2 atom stereocenters. The van der Waals surface area contributed by atoms with E-state index in [1.54, 1.807) is 6.08 Å². The lowest BCUT2D eigenvalue weighted by molar-refractivity contribution is -0.143. The summed E-state index contributed by atoms with van der Waals surface area (Å²) < 4.78 is 5.47. The van der Waals surface area contributed by atoms with E-state index in [-0.39, 0.29) is 18.5 Å². The highest BCUT2D eigenvalue weighted by Crippen LogP contribution is 2.18. The number of hydrogen-bond acceptors (Lipinski definition) is 5. The molecule has 1 amide bonds. The quantitative estimate of drug-likeness (QED) is 0.0320. The van der Waals surface area contributed by atoms with Crippen LogP contribution in [0.25, 0.3) is 0 Å². The van der Waals surface area contributed by atoms with E-state index >= 15 is 0 Å². The largest absolute Gasteiger partial charge is 0.466 e. The van der Waals surface area contributed by atoms with Crippen LogP contribution in [-0.2, 0) is 14.3 Å². The molecule has 0 aromatic rings. The summed E-state index contributed by atoms with van der Waals surface area (Å²) in [4.78, 5) is 24.5. The van der Waals surface area contributed by atoms with Gasteiger partial charge < -0.3 is 20.3 Å². The van der Waals surface area contributed by atoms with Gasteiger partial charge in [-0.2, -0.15) is 0 Å². The zero-order valence-corrected chi connectivity index (χ0v) is 51.0. The molecule has 0 bridgehead atoms. The van der Waals surface area contributed by atoms with Crippen LogP contribution < -0.4 is 5.32 Å². The number of allylic oxidation sites excluding steroid dienone is 7. The normalized spacial score (nSPS) is 12.8. The lowest BCUT2D eigenvalue weighted by atomic mass is 10.0. The van der Waals surface area contributed by atoms with Crippen LogP contribution in [0.3, 0.4) is 0 Å². The fraction of sp³-hybridized carbons (Fsp3) is 0.857. The zero-order valence-electron chi connectivity index (χ0n) is 51.0. The van der Waals surface area contributed by atoms with Gasteiger partial charge in [0.2, 0.25) is 5.91 Å². The van der Waals surface area contributed by atoms with Crippen molar-refractivity contribution in [3.63, 3.8) is 0 Å². The molecular weight excluding hydrogens is 935 g/mol. The van der Waals surface area contributed by atoms with Gasteiger partial charge in [-0.15, -0.1) is 0 Å². The minimum absolute atomic E-state index is 0.000655. The summed E-state index contributed by atoms with van der Waals surface area (Å²) in [7, 11) is 0. The Kier molecular flexibility index (Phi) is 63.5. The first-order valence-corrected chi connectivity index (χ1v) is 33.9. The highest BCUT2D eigenvalue weighted by Gasteiger charge is 2.18. The summed E-state index contributed by atoms with van der Waals surface area (Å²) in [5, 5.41) is 23.2. The van der Waals surface area contributed by atoms with Crippen molar-refractivity contribution in [3.05, 3.63) is 48.6 Å². The third kappa shape index (κ3) is 61.0. The van der Waals surface area contributed by atoms with E-state index in [9.17, 15) is 19.8 Å². The molecule has 76 heavy (non-hydrogen) atoms. The number of carbonyl (C=O) groups excluding carboxylic acids is 2. The number of esters is 1. The zero-order chi connectivity index (χ0) is 55.0. The van der Waals surface area contributed by atoms with Crippen LogP contribution in [0.15, 0.2) is 48.6 Å². The van der Waals surface area contributed by atoms with Gasteiger partial charge in [0.15, 0.2) is 0 Å². The van der Waals surface area contributed by atoms with Crippen molar-refractivity contribution >= 4 is 11.9 Å². The number of unbranched alkanes of at least 4 members (excludes halogenated alkanes) is 46. The number of nitrogens with one attached hydrogen (secondary N) is 1. The lowest BCUT2D eigenvalue weighted by Gasteiger charge is -2.20. The van der Waals surface area contributed by atoms with Gasteiger partial charge in [-0.25, -0.2) is 0 Å². The van der Waals surface area contributed by atoms with Crippen molar-refractivity contribution in [2.24, 2.45) is 0 Å². The molecular formula is C70H131NO5. The molecule has 0 aromatic carbocycles. The topological polar surface area (TPSA) is 95.9 Å². The van der Waals surface area contributed by atoms with E-state index in [1.807, 2.05) is 6.08 Å². The molecule has 6 nitrogen and oxygen atoms in total. The minimum Gasteiger partial charge on any atom is -0.466 e. The van der Waals surface area contributed by atoms with E-state index in [4.69, 9.17) is 4.74 Å². The van der Waals surface area contributed by atoms with Gasteiger partial charge in [-0.05, 0) is 83.5 Å². The maximum atomic E-state index is 12.5. The summed E-state index contributed by atoms with van der Waals surface area (Å²) in [6.07, 6.45) is 84.7. The second-order valence-electron chi connectivity index (χ2n) is 23.1. The van der Waals surface area contributed by atoms with Gasteiger partial charge in [0.05, 0.1) is 25.4 Å². The van der Waals surface area contributed by atoms with Crippen molar-refractivity contribution < 1.29 is 24.5 Å². The van der Waals surface area contributed by atoms with E-state index in [2.05, 4.69) is 55.6 Å². The first kappa shape index (κ1) is 73.8. The van der Waals surface area contributed by atoms with Crippen LogP contribution in [0, 0.1) is 0 Å². The van der Waals surface area contributed by atoms with Crippen LogP contribution in [0.4, 0.5) is 0 Å². The van der Waals surface area contributed by atoms with Gasteiger partial charge >= 0.3 is 5.97 Å². The third-order valence-electron chi connectivity index (χ3n) is 15.5. The Morgan fingerprint density at radius 1 is 0.368 bits per heavy atom. The van der Waals surface area contributed by atoms with E-state index in [1.165, 1.54) is 283 Å². The summed E-state index contributed by atoms with van der Waals surface area (Å²) in [6, 6.07) is -0.628.